The maximum Gasteiger partial charge on any atom is 1.00 e. The van der Waals surface area contributed by atoms with Gasteiger partial charge in [-0.1, -0.05) is 64.7 Å². The van der Waals surface area contributed by atoms with Crippen molar-refractivity contribution in [3.8, 4) is 0 Å². The van der Waals surface area contributed by atoms with E-state index in [-0.39, 0.29) is 37.5 Å². The van der Waals surface area contributed by atoms with E-state index >= 15 is 0 Å². The molecule has 0 amide bonds. The predicted molar refractivity (Wildman–Crippen MR) is 94.8 cm³/mol. The number of carbonyl (C=O) groups is 1. The summed E-state index contributed by atoms with van der Waals surface area (Å²) < 4.78 is 0. The van der Waals surface area contributed by atoms with Gasteiger partial charge < -0.3 is 16.5 Å². The number of aliphatic hydroxyl groups is 1. The van der Waals surface area contributed by atoms with Crippen LogP contribution >= 0.6 is 0 Å². The van der Waals surface area contributed by atoms with Gasteiger partial charge in [0.25, 0.3) is 0 Å². The van der Waals surface area contributed by atoms with Crippen LogP contribution in [-0.4, -0.2) is 45.2 Å². The molecule has 0 saturated carbocycles. The number of aliphatic imine (C=N–C) groups is 1. The van der Waals surface area contributed by atoms with Gasteiger partial charge in [0.1, 0.15) is 6.23 Å². The summed E-state index contributed by atoms with van der Waals surface area (Å²) in [7, 11) is 0. The zero-order valence-corrected chi connectivity index (χ0v) is 18.1. The number of carboxylic acid groups (broad SMARTS) is 1. The molecule has 1 aliphatic heterocycles. The van der Waals surface area contributed by atoms with Crippen LogP contribution in [0, 0.1) is 0 Å². The van der Waals surface area contributed by atoms with Crippen molar-refractivity contribution in [2.24, 2.45) is 4.99 Å². The summed E-state index contributed by atoms with van der Waals surface area (Å²) in [5, 5.41) is 19.3. The van der Waals surface area contributed by atoms with Gasteiger partial charge in [0.2, 0.25) is 0 Å². The van der Waals surface area contributed by atoms with Gasteiger partial charge in [-0.3, -0.25) is 4.99 Å². The smallest absolute Gasteiger partial charge is 1.00 e. The van der Waals surface area contributed by atoms with Crippen molar-refractivity contribution in [2.75, 3.05) is 6.54 Å². The summed E-state index contributed by atoms with van der Waals surface area (Å²) in [6, 6.07) is 0. The van der Waals surface area contributed by atoms with Crippen molar-refractivity contribution < 1.29 is 46.0 Å². The van der Waals surface area contributed by atoms with E-state index in [1.165, 1.54) is 44.9 Å². The Kier molecular flexibility index (Phi) is 12.2. The molecular weight excluding hydrogens is 315 g/mol. The molecule has 0 aromatic heterocycles. The van der Waals surface area contributed by atoms with E-state index in [0.29, 0.717) is 12.3 Å². The van der Waals surface area contributed by atoms with Crippen molar-refractivity contribution in [3.63, 3.8) is 0 Å². The fourth-order valence-electron chi connectivity index (χ4n) is 3.29. The molecule has 1 heterocycles. The minimum absolute atomic E-state index is 0. The molecule has 0 fully saturated rings. The van der Waals surface area contributed by atoms with Gasteiger partial charge in [0.05, 0.1) is 12.4 Å². The fraction of sp³-hybridized carbons (Fsp3) is 0.889. The Morgan fingerprint density at radius 3 is 2.12 bits per heavy atom. The molecule has 5 nitrogen and oxygen atoms in total. The third-order valence-corrected chi connectivity index (χ3v) is 4.77. The van der Waals surface area contributed by atoms with Gasteiger partial charge in [-0.15, -0.1) is 0 Å². The molecule has 136 valence electrons. The number of hydrogen-bond donors (Lipinski definition) is 2. The van der Waals surface area contributed by atoms with Crippen molar-refractivity contribution in [1.29, 1.82) is 0 Å². The maximum atomic E-state index is 11.7. The van der Waals surface area contributed by atoms with Crippen LogP contribution in [0.15, 0.2) is 4.99 Å². The second-order valence-corrected chi connectivity index (χ2v) is 6.83. The standard InChI is InChI=1S/C18H34N2O3.Na.H/c1-4-5-6-7-8-9-10-11-12-13-18(17(22)23)14-20(16(3)21)15(2)19-18;;/h16,21H,4-14H2,1-3H3,(H,22,23);;/q;+1;-1. The summed E-state index contributed by atoms with van der Waals surface area (Å²) in [6.45, 7) is 5.93. The molecule has 2 N–H and O–H groups in total. The fourth-order valence-corrected chi connectivity index (χ4v) is 3.29. The summed E-state index contributed by atoms with van der Waals surface area (Å²) >= 11 is 0. The molecule has 0 aromatic rings. The summed E-state index contributed by atoms with van der Waals surface area (Å²) in [5.41, 5.74) is -1.07. The molecule has 2 unspecified atom stereocenters. The van der Waals surface area contributed by atoms with E-state index < -0.39 is 17.7 Å². The first-order chi connectivity index (χ1) is 10.9. The topological polar surface area (TPSA) is 73.1 Å². The number of carboxylic acids is 1. The van der Waals surface area contributed by atoms with E-state index in [4.69, 9.17) is 0 Å². The quantitative estimate of drug-likeness (QED) is 0.405. The summed E-state index contributed by atoms with van der Waals surface area (Å²) in [5.74, 6) is -0.252. The number of unbranched alkanes of at least 4 members (excludes halogenated alkanes) is 8. The average molecular weight is 350 g/mol. The van der Waals surface area contributed by atoms with E-state index in [1.54, 1.807) is 18.7 Å². The second-order valence-electron chi connectivity index (χ2n) is 6.83. The number of aliphatic hydroxyl groups excluding tert-OH is 1. The van der Waals surface area contributed by atoms with Crippen molar-refractivity contribution in [2.45, 2.75) is 96.7 Å². The predicted octanol–water partition coefficient (Wildman–Crippen LogP) is 0.920. The first-order valence-corrected chi connectivity index (χ1v) is 9.17. The van der Waals surface area contributed by atoms with E-state index in [0.717, 1.165) is 12.8 Å². The van der Waals surface area contributed by atoms with E-state index in [9.17, 15) is 15.0 Å². The van der Waals surface area contributed by atoms with Crippen LogP contribution in [0.25, 0.3) is 0 Å². The van der Waals surface area contributed by atoms with Crippen LogP contribution < -0.4 is 29.6 Å². The first-order valence-electron chi connectivity index (χ1n) is 9.17. The Hall–Kier alpha value is -0.100. The molecule has 1 aliphatic rings. The first kappa shape index (κ1) is 23.9. The number of rotatable bonds is 12. The van der Waals surface area contributed by atoms with E-state index in [2.05, 4.69) is 11.9 Å². The van der Waals surface area contributed by atoms with Gasteiger partial charge in [0.15, 0.2) is 5.54 Å². The molecule has 0 saturated heterocycles. The van der Waals surface area contributed by atoms with Crippen molar-refractivity contribution >= 4 is 11.8 Å². The third kappa shape index (κ3) is 7.42. The zero-order valence-electron chi connectivity index (χ0n) is 17.1. The van der Waals surface area contributed by atoms with Crippen molar-refractivity contribution in [3.05, 3.63) is 0 Å². The molecule has 0 radical (unpaired) electrons. The van der Waals surface area contributed by atoms with Gasteiger partial charge in [-0.05, 0) is 20.3 Å². The zero-order chi connectivity index (χ0) is 17.3. The molecular formula is C18H35N2NaO3. The Morgan fingerprint density at radius 2 is 1.71 bits per heavy atom. The van der Waals surface area contributed by atoms with Crippen LogP contribution in [0.5, 0.6) is 0 Å². The minimum Gasteiger partial charge on any atom is -1.00 e. The third-order valence-electron chi connectivity index (χ3n) is 4.77. The maximum absolute atomic E-state index is 11.7. The normalized spacial score (nSPS) is 21.3. The van der Waals surface area contributed by atoms with Crippen LogP contribution in [0.1, 0.15) is 86.4 Å². The summed E-state index contributed by atoms with van der Waals surface area (Å²) in [6.07, 6.45) is 10.8. The number of aliphatic carboxylic acids is 1. The number of hydrogen-bond acceptors (Lipinski definition) is 4. The Morgan fingerprint density at radius 1 is 1.21 bits per heavy atom. The summed E-state index contributed by atoms with van der Waals surface area (Å²) in [4.78, 5) is 17.7. The van der Waals surface area contributed by atoms with E-state index in [1.807, 2.05) is 0 Å². The SMILES string of the molecule is CCCCCCCCCCCC1(C(=O)O)CN(C(C)O)C(C)=N1.[H-].[Na+]. The molecule has 0 aromatic carbocycles. The van der Waals surface area contributed by atoms with Crippen LogP contribution in [0.2, 0.25) is 0 Å². The minimum atomic E-state index is -1.07. The number of nitrogens with zero attached hydrogens (tertiary/aromatic N) is 2. The molecule has 0 aliphatic carbocycles. The van der Waals surface area contributed by atoms with Gasteiger partial charge in [-0.25, -0.2) is 4.79 Å². The Labute approximate surface area is 170 Å². The Balaban J connectivity index is 0. The molecule has 2 atom stereocenters. The molecule has 0 bridgehead atoms. The monoisotopic (exact) mass is 350 g/mol. The largest absolute Gasteiger partial charge is 1.00 e. The molecule has 6 heteroatoms. The van der Waals surface area contributed by atoms with Crippen LogP contribution in [0.3, 0.4) is 0 Å². The second kappa shape index (κ2) is 12.3. The average Bonchev–Trinajstić information content (AvgIpc) is 2.84. The molecule has 1 rings (SSSR count). The Bertz CT molecular complexity index is 408. The van der Waals surface area contributed by atoms with Gasteiger partial charge >= 0.3 is 35.5 Å². The molecule has 24 heavy (non-hydrogen) atoms. The van der Waals surface area contributed by atoms with Crippen LogP contribution in [-0.2, 0) is 4.79 Å². The number of amidine groups is 1. The van der Waals surface area contributed by atoms with Gasteiger partial charge in [-0.2, -0.15) is 0 Å². The van der Waals surface area contributed by atoms with Crippen molar-refractivity contribution in [1.82, 2.24) is 4.90 Å². The van der Waals surface area contributed by atoms with Crippen LogP contribution in [0.4, 0.5) is 0 Å². The van der Waals surface area contributed by atoms with Gasteiger partial charge in [0, 0.05) is 0 Å². The molecule has 0 spiro atoms.